The molecule has 1 aromatic heterocycles. The van der Waals surface area contributed by atoms with Crippen molar-refractivity contribution < 1.29 is 18.7 Å². The van der Waals surface area contributed by atoms with E-state index in [4.69, 9.17) is 13.9 Å². The predicted octanol–water partition coefficient (Wildman–Crippen LogP) is 3.57. The summed E-state index contributed by atoms with van der Waals surface area (Å²) < 4.78 is 16.8. The SMILES string of the molecule is CN(C)CCOCC(=O)Nc1ccc(-c2nnc(CSCCOc3ccccc3)o2)cc1. The van der Waals surface area contributed by atoms with Gasteiger partial charge in [-0.1, -0.05) is 18.2 Å². The number of nitrogens with zero attached hydrogens (tertiary/aromatic N) is 3. The van der Waals surface area contributed by atoms with Crippen LogP contribution in [0.3, 0.4) is 0 Å². The Morgan fingerprint density at radius 2 is 1.84 bits per heavy atom. The maximum atomic E-state index is 11.9. The fourth-order valence-electron chi connectivity index (χ4n) is 2.63. The number of aromatic nitrogens is 2. The summed E-state index contributed by atoms with van der Waals surface area (Å²) in [6.45, 7) is 1.92. The average molecular weight is 457 g/mol. The first-order valence-corrected chi connectivity index (χ1v) is 11.5. The molecule has 0 saturated heterocycles. The summed E-state index contributed by atoms with van der Waals surface area (Å²) in [5.41, 5.74) is 1.48. The van der Waals surface area contributed by atoms with Crippen LogP contribution in [0.5, 0.6) is 5.75 Å². The molecule has 0 bridgehead atoms. The maximum absolute atomic E-state index is 11.9. The highest BCUT2D eigenvalue weighted by molar-refractivity contribution is 7.98. The highest BCUT2D eigenvalue weighted by atomic mass is 32.2. The summed E-state index contributed by atoms with van der Waals surface area (Å²) in [6, 6.07) is 17.0. The van der Waals surface area contributed by atoms with Crippen LogP contribution in [-0.2, 0) is 15.3 Å². The molecule has 170 valence electrons. The lowest BCUT2D eigenvalue weighted by atomic mass is 10.2. The molecular formula is C23H28N4O4S. The number of carbonyl (C=O) groups excluding carboxylic acids is 1. The monoisotopic (exact) mass is 456 g/mol. The number of para-hydroxylation sites is 1. The van der Waals surface area contributed by atoms with Crippen molar-refractivity contribution in [3.8, 4) is 17.2 Å². The smallest absolute Gasteiger partial charge is 0.250 e. The fourth-order valence-corrected chi connectivity index (χ4v) is 3.27. The summed E-state index contributed by atoms with van der Waals surface area (Å²) in [4.78, 5) is 13.9. The number of anilines is 1. The number of nitrogens with one attached hydrogen (secondary N) is 1. The topological polar surface area (TPSA) is 89.7 Å². The second-order valence-corrected chi connectivity index (χ2v) is 8.30. The molecule has 0 fully saturated rings. The first-order valence-electron chi connectivity index (χ1n) is 10.3. The lowest BCUT2D eigenvalue weighted by molar-refractivity contribution is -0.120. The molecule has 0 unspecified atom stereocenters. The first-order chi connectivity index (χ1) is 15.6. The van der Waals surface area contributed by atoms with Gasteiger partial charge in [-0.05, 0) is 50.5 Å². The number of amides is 1. The molecule has 1 amide bonds. The van der Waals surface area contributed by atoms with Crippen molar-refractivity contribution in [3.63, 3.8) is 0 Å². The van der Waals surface area contributed by atoms with E-state index in [1.165, 1.54) is 0 Å². The van der Waals surface area contributed by atoms with E-state index in [0.29, 0.717) is 36.4 Å². The molecule has 0 aliphatic rings. The maximum Gasteiger partial charge on any atom is 0.250 e. The molecule has 0 aliphatic carbocycles. The Kier molecular flexibility index (Phi) is 9.55. The number of thioether (sulfide) groups is 1. The van der Waals surface area contributed by atoms with E-state index in [1.807, 2.05) is 61.5 Å². The van der Waals surface area contributed by atoms with Crippen molar-refractivity contribution in [1.29, 1.82) is 0 Å². The molecule has 3 aromatic rings. The molecular weight excluding hydrogens is 428 g/mol. The third-order valence-corrected chi connectivity index (χ3v) is 5.17. The molecule has 8 nitrogen and oxygen atoms in total. The Labute approximate surface area is 192 Å². The standard InChI is InChI=1S/C23H28N4O4S/c1-27(2)12-13-29-16-21(28)24-19-10-8-18(9-11-19)23-26-25-22(31-23)17-32-15-14-30-20-6-4-3-5-7-20/h3-11H,12-17H2,1-2H3,(H,24,28). The minimum Gasteiger partial charge on any atom is -0.493 e. The number of rotatable bonds is 13. The van der Waals surface area contributed by atoms with Gasteiger partial charge >= 0.3 is 0 Å². The van der Waals surface area contributed by atoms with E-state index in [0.717, 1.165) is 23.6 Å². The van der Waals surface area contributed by atoms with Crippen LogP contribution in [0, 0.1) is 0 Å². The molecule has 0 atom stereocenters. The largest absolute Gasteiger partial charge is 0.493 e. The van der Waals surface area contributed by atoms with Gasteiger partial charge in [-0.25, -0.2) is 0 Å². The summed E-state index contributed by atoms with van der Waals surface area (Å²) in [6.07, 6.45) is 0. The molecule has 1 N–H and O–H groups in total. The van der Waals surface area contributed by atoms with E-state index in [2.05, 4.69) is 15.5 Å². The zero-order valence-electron chi connectivity index (χ0n) is 18.3. The summed E-state index contributed by atoms with van der Waals surface area (Å²) in [7, 11) is 3.91. The van der Waals surface area contributed by atoms with E-state index in [9.17, 15) is 4.79 Å². The zero-order valence-corrected chi connectivity index (χ0v) is 19.1. The molecule has 0 spiro atoms. The molecule has 32 heavy (non-hydrogen) atoms. The minimum absolute atomic E-state index is 0.0245. The summed E-state index contributed by atoms with van der Waals surface area (Å²) in [5, 5.41) is 11.0. The Balaban J connectivity index is 1.38. The Bertz CT molecular complexity index is 948. The van der Waals surface area contributed by atoms with Crippen molar-refractivity contribution in [2.75, 3.05) is 51.5 Å². The van der Waals surface area contributed by atoms with Crippen molar-refractivity contribution in [2.24, 2.45) is 0 Å². The molecule has 3 rings (SSSR count). The van der Waals surface area contributed by atoms with E-state index in [1.54, 1.807) is 23.9 Å². The Morgan fingerprint density at radius 1 is 1.06 bits per heavy atom. The van der Waals surface area contributed by atoms with Gasteiger partial charge in [0.15, 0.2) is 0 Å². The molecule has 0 saturated carbocycles. The molecule has 0 aliphatic heterocycles. The second-order valence-electron chi connectivity index (χ2n) is 7.20. The number of benzene rings is 2. The van der Waals surface area contributed by atoms with Gasteiger partial charge < -0.3 is 24.1 Å². The normalized spacial score (nSPS) is 11.0. The van der Waals surface area contributed by atoms with E-state index < -0.39 is 0 Å². The Morgan fingerprint density at radius 3 is 2.59 bits per heavy atom. The number of likely N-dealkylation sites (N-methyl/N-ethyl adjacent to an activating group) is 1. The van der Waals surface area contributed by atoms with Crippen LogP contribution < -0.4 is 10.1 Å². The number of hydrogen-bond acceptors (Lipinski definition) is 8. The Hall–Kier alpha value is -2.88. The zero-order chi connectivity index (χ0) is 22.6. The van der Waals surface area contributed by atoms with Crippen LogP contribution in [0.15, 0.2) is 59.0 Å². The fraction of sp³-hybridized carbons (Fsp3) is 0.348. The first kappa shape index (κ1) is 23.8. The quantitative estimate of drug-likeness (QED) is 0.391. The lowest BCUT2D eigenvalue weighted by Gasteiger charge is -2.10. The third-order valence-electron chi connectivity index (χ3n) is 4.26. The van der Waals surface area contributed by atoms with Gasteiger partial charge in [0, 0.05) is 23.5 Å². The van der Waals surface area contributed by atoms with Crippen molar-refractivity contribution in [2.45, 2.75) is 5.75 Å². The molecule has 0 radical (unpaired) electrons. The van der Waals surface area contributed by atoms with Crippen LogP contribution in [-0.4, -0.2) is 67.2 Å². The molecule has 1 heterocycles. The van der Waals surface area contributed by atoms with Crippen LogP contribution >= 0.6 is 11.8 Å². The molecule has 9 heteroatoms. The number of carbonyl (C=O) groups is 1. The number of ether oxygens (including phenoxy) is 2. The van der Waals surface area contributed by atoms with Gasteiger partial charge in [0.25, 0.3) is 0 Å². The van der Waals surface area contributed by atoms with Crippen LogP contribution in [0.25, 0.3) is 11.5 Å². The van der Waals surface area contributed by atoms with Gasteiger partial charge in [-0.3, -0.25) is 4.79 Å². The van der Waals surface area contributed by atoms with Gasteiger partial charge in [-0.15, -0.1) is 22.0 Å². The van der Waals surface area contributed by atoms with Crippen molar-refractivity contribution >= 4 is 23.4 Å². The van der Waals surface area contributed by atoms with E-state index >= 15 is 0 Å². The average Bonchev–Trinajstić information content (AvgIpc) is 3.26. The van der Waals surface area contributed by atoms with Gasteiger partial charge in [-0.2, -0.15) is 0 Å². The van der Waals surface area contributed by atoms with Crippen LogP contribution in [0.1, 0.15) is 5.89 Å². The van der Waals surface area contributed by atoms with Gasteiger partial charge in [0.1, 0.15) is 12.4 Å². The van der Waals surface area contributed by atoms with Crippen molar-refractivity contribution in [3.05, 3.63) is 60.5 Å². The third kappa shape index (κ3) is 8.33. The summed E-state index contributed by atoms with van der Waals surface area (Å²) >= 11 is 1.67. The predicted molar refractivity (Wildman–Crippen MR) is 126 cm³/mol. The van der Waals surface area contributed by atoms with E-state index in [-0.39, 0.29) is 12.5 Å². The molecule has 2 aromatic carbocycles. The summed E-state index contributed by atoms with van der Waals surface area (Å²) in [5.74, 6) is 3.13. The highest BCUT2D eigenvalue weighted by Gasteiger charge is 2.10. The highest BCUT2D eigenvalue weighted by Crippen LogP contribution is 2.22. The lowest BCUT2D eigenvalue weighted by Crippen LogP contribution is -2.23. The van der Waals surface area contributed by atoms with Gasteiger partial charge in [0.05, 0.1) is 19.0 Å². The number of hydrogen-bond donors (Lipinski definition) is 1. The van der Waals surface area contributed by atoms with Crippen LogP contribution in [0.4, 0.5) is 5.69 Å². The van der Waals surface area contributed by atoms with Crippen LogP contribution in [0.2, 0.25) is 0 Å². The van der Waals surface area contributed by atoms with Gasteiger partial charge in [0.2, 0.25) is 17.7 Å². The van der Waals surface area contributed by atoms with Crippen molar-refractivity contribution in [1.82, 2.24) is 15.1 Å². The minimum atomic E-state index is -0.190. The second kappa shape index (κ2) is 12.8.